The van der Waals surface area contributed by atoms with E-state index in [1.807, 2.05) is 5.38 Å². The molecule has 1 fully saturated rings. The Hall–Kier alpha value is -2.28. The smallest absolute Gasteiger partial charge is 0.260 e. The first-order chi connectivity index (χ1) is 10.7. The molecular weight excluding hydrogens is 302 g/mol. The van der Waals surface area contributed by atoms with Gasteiger partial charge in [-0.05, 0) is 12.1 Å². The van der Waals surface area contributed by atoms with E-state index in [9.17, 15) is 9.90 Å². The van der Waals surface area contributed by atoms with Crippen molar-refractivity contribution in [3.8, 4) is 11.5 Å². The topological polar surface area (TPSA) is 65.9 Å². The third-order valence-corrected chi connectivity index (χ3v) is 4.37. The molecule has 0 spiro atoms. The number of amides is 1. The third kappa shape index (κ3) is 3.30. The molecule has 0 radical (unpaired) electrons. The van der Waals surface area contributed by atoms with E-state index >= 15 is 0 Å². The lowest BCUT2D eigenvalue weighted by Crippen LogP contribution is -2.50. The lowest BCUT2D eigenvalue weighted by atomic mass is 10.3. The fourth-order valence-corrected chi connectivity index (χ4v) is 3.03. The van der Waals surface area contributed by atoms with Crippen molar-refractivity contribution in [2.45, 2.75) is 0 Å². The number of phenols is 1. The number of ether oxygens (including phenoxy) is 1. The lowest BCUT2D eigenvalue weighted by molar-refractivity contribution is -0.133. The van der Waals surface area contributed by atoms with Gasteiger partial charge in [-0.2, -0.15) is 0 Å². The summed E-state index contributed by atoms with van der Waals surface area (Å²) in [4.78, 5) is 20.4. The van der Waals surface area contributed by atoms with Gasteiger partial charge in [-0.3, -0.25) is 4.79 Å². The zero-order valence-corrected chi connectivity index (χ0v) is 12.8. The number of carbonyl (C=O) groups excluding carboxylic acids is 1. The van der Waals surface area contributed by atoms with Crippen molar-refractivity contribution in [3.63, 3.8) is 0 Å². The first-order valence-electron chi connectivity index (χ1n) is 7.07. The summed E-state index contributed by atoms with van der Waals surface area (Å²) < 4.78 is 5.39. The molecule has 1 aliphatic heterocycles. The van der Waals surface area contributed by atoms with Crippen molar-refractivity contribution in [1.82, 2.24) is 9.88 Å². The Bertz CT molecular complexity index is 625. The van der Waals surface area contributed by atoms with Gasteiger partial charge in [0, 0.05) is 37.8 Å². The highest BCUT2D eigenvalue weighted by molar-refractivity contribution is 7.13. The number of benzene rings is 1. The Morgan fingerprint density at radius 1 is 1.27 bits per heavy atom. The van der Waals surface area contributed by atoms with Gasteiger partial charge < -0.3 is 19.6 Å². The summed E-state index contributed by atoms with van der Waals surface area (Å²) in [5.74, 6) is 0.309. The fraction of sp³-hybridized carbons (Fsp3) is 0.333. The zero-order valence-electron chi connectivity index (χ0n) is 12.0. The van der Waals surface area contributed by atoms with Crippen LogP contribution in [0.1, 0.15) is 0 Å². The molecule has 22 heavy (non-hydrogen) atoms. The average Bonchev–Trinajstić information content (AvgIpc) is 3.08. The van der Waals surface area contributed by atoms with Gasteiger partial charge in [-0.25, -0.2) is 4.98 Å². The second-order valence-corrected chi connectivity index (χ2v) is 5.81. The summed E-state index contributed by atoms with van der Waals surface area (Å²) in [7, 11) is 0. The molecule has 116 valence electrons. The van der Waals surface area contributed by atoms with Gasteiger partial charge in [-0.1, -0.05) is 12.1 Å². The standard InChI is InChI=1S/C15H17N3O3S/c19-12-3-1-2-4-13(12)21-11-14(20)17-6-8-18(9-7-17)15-16-5-10-22-15/h1-5,10,19H,6-9,11H2. The Kier molecular flexibility index (Phi) is 4.43. The molecule has 1 aromatic heterocycles. The molecule has 0 aliphatic carbocycles. The summed E-state index contributed by atoms with van der Waals surface area (Å²) in [6.45, 7) is 2.80. The number of thiazole rings is 1. The van der Waals surface area contributed by atoms with Crippen molar-refractivity contribution in [2.75, 3.05) is 37.7 Å². The highest BCUT2D eigenvalue weighted by Gasteiger charge is 2.22. The lowest BCUT2D eigenvalue weighted by Gasteiger charge is -2.34. The largest absolute Gasteiger partial charge is 0.504 e. The number of para-hydroxylation sites is 2. The molecule has 3 rings (SSSR count). The molecule has 0 bridgehead atoms. The molecule has 1 aliphatic rings. The summed E-state index contributed by atoms with van der Waals surface area (Å²) in [6.07, 6.45) is 1.79. The Balaban J connectivity index is 1.49. The Morgan fingerprint density at radius 3 is 2.73 bits per heavy atom. The summed E-state index contributed by atoms with van der Waals surface area (Å²) in [5.41, 5.74) is 0. The van der Waals surface area contributed by atoms with E-state index in [0.717, 1.165) is 18.2 Å². The van der Waals surface area contributed by atoms with Crippen LogP contribution in [0.3, 0.4) is 0 Å². The number of hydrogen-bond acceptors (Lipinski definition) is 6. The maximum Gasteiger partial charge on any atom is 0.260 e. The molecule has 1 N–H and O–H groups in total. The van der Waals surface area contributed by atoms with Gasteiger partial charge in [0.25, 0.3) is 5.91 Å². The number of phenolic OH excluding ortho intramolecular Hbond substituents is 1. The van der Waals surface area contributed by atoms with Crippen LogP contribution in [0.4, 0.5) is 5.13 Å². The number of nitrogens with zero attached hydrogens (tertiary/aromatic N) is 3. The number of aromatic nitrogens is 1. The van der Waals surface area contributed by atoms with Gasteiger partial charge >= 0.3 is 0 Å². The van der Waals surface area contributed by atoms with E-state index < -0.39 is 0 Å². The van der Waals surface area contributed by atoms with Crippen LogP contribution in [0.25, 0.3) is 0 Å². The number of hydrogen-bond donors (Lipinski definition) is 1. The third-order valence-electron chi connectivity index (χ3n) is 3.54. The SMILES string of the molecule is O=C(COc1ccccc1O)N1CCN(c2nccs2)CC1. The molecule has 2 aromatic rings. The van der Waals surface area contributed by atoms with Crippen LogP contribution in [-0.4, -0.2) is 53.7 Å². The second kappa shape index (κ2) is 6.65. The van der Waals surface area contributed by atoms with Gasteiger partial charge in [0.15, 0.2) is 23.2 Å². The van der Waals surface area contributed by atoms with E-state index in [0.29, 0.717) is 18.8 Å². The van der Waals surface area contributed by atoms with Crippen molar-refractivity contribution >= 4 is 22.4 Å². The Labute approximate surface area is 132 Å². The maximum atomic E-state index is 12.2. The number of aromatic hydroxyl groups is 1. The van der Waals surface area contributed by atoms with Crippen LogP contribution in [0.5, 0.6) is 11.5 Å². The Morgan fingerprint density at radius 2 is 2.05 bits per heavy atom. The van der Waals surface area contributed by atoms with E-state index in [4.69, 9.17) is 4.74 Å². The predicted molar refractivity (Wildman–Crippen MR) is 84.5 cm³/mol. The highest BCUT2D eigenvalue weighted by atomic mass is 32.1. The number of anilines is 1. The van der Waals surface area contributed by atoms with Crippen molar-refractivity contribution in [2.24, 2.45) is 0 Å². The highest BCUT2D eigenvalue weighted by Crippen LogP contribution is 2.24. The second-order valence-electron chi connectivity index (χ2n) is 4.94. The molecule has 1 amide bonds. The molecule has 7 heteroatoms. The molecule has 0 saturated carbocycles. The summed E-state index contributed by atoms with van der Waals surface area (Å²) in [6, 6.07) is 6.64. The molecule has 6 nitrogen and oxygen atoms in total. The van der Waals surface area contributed by atoms with Crippen LogP contribution in [0, 0.1) is 0 Å². The van der Waals surface area contributed by atoms with Crippen LogP contribution in [0.2, 0.25) is 0 Å². The van der Waals surface area contributed by atoms with E-state index in [1.165, 1.54) is 6.07 Å². The normalized spacial score (nSPS) is 14.9. The maximum absolute atomic E-state index is 12.2. The summed E-state index contributed by atoms with van der Waals surface area (Å²) >= 11 is 1.61. The minimum Gasteiger partial charge on any atom is -0.504 e. The molecule has 2 heterocycles. The van der Waals surface area contributed by atoms with Crippen LogP contribution >= 0.6 is 11.3 Å². The van der Waals surface area contributed by atoms with Crippen molar-refractivity contribution < 1.29 is 14.6 Å². The molecule has 0 atom stereocenters. The van der Waals surface area contributed by atoms with E-state index in [2.05, 4.69) is 9.88 Å². The van der Waals surface area contributed by atoms with Gasteiger partial charge in [0.1, 0.15) is 0 Å². The predicted octanol–water partition coefficient (Wildman–Crippen LogP) is 1.58. The monoisotopic (exact) mass is 319 g/mol. The van der Waals surface area contributed by atoms with E-state index in [1.54, 1.807) is 40.6 Å². The first kappa shape index (κ1) is 14.6. The number of carbonyl (C=O) groups is 1. The summed E-state index contributed by atoms with van der Waals surface area (Å²) in [5, 5.41) is 12.6. The fourth-order valence-electron chi connectivity index (χ4n) is 2.33. The van der Waals surface area contributed by atoms with Crippen LogP contribution < -0.4 is 9.64 Å². The van der Waals surface area contributed by atoms with E-state index in [-0.39, 0.29) is 18.3 Å². The van der Waals surface area contributed by atoms with Gasteiger partial charge in [-0.15, -0.1) is 11.3 Å². The number of rotatable bonds is 4. The minimum atomic E-state index is -0.0676. The average molecular weight is 319 g/mol. The van der Waals surface area contributed by atoms with Crippen molar-refractivity contribution in [3.05, 3.63) is 35.8 Å². The van der Waals surface area contributed by atoms with Crippen molar-refractivity contribution in [1.29, 1.82) is 0 Å². The zero-order chi connectivity index (χ0) is 15.4. The first-order valence-corrected chi connectivity index (χ1v) is 7.95. The minimum absolute atomic E-state index is 0.0453. The molecular formula is C15H17N3O3S. The molecule has 1 saturated heterocycles. The van der Waals surface area contributed by atoms with Crippen LogP contribution in [-0.2, 0) is 4.79 Å². The number of piperazine rings is 1. The van der Waals surface area contributed by atoms with Crippen LogP contribution in [0.15, 0.2) is 35.8 Å². The molecule has 0 unspecified atom stereocenters. The molecule has 1 aromatic carbocycles. The van der Waals surface area contributed by atoms with Gasteiger partial charge in [0.2, 0.25) is 0 Å². The quantitative estimate of drug-likeness (QED) is 0.927. The van der Waals surface area contributed by atoms with Gasteiger partial charge in [0.05, 0.1) is 0 Å².